The summed E-state index contributed by atoms with van der Waals surface area (Å²) in [5.74, 6) is -1.01. The molecule has 7 nitrogen and oxygen atoms in total. The molecule has 0 aromatic rings. The maximum Gasteiger partial charge on any atom is 0.283 e. The van der Waals surface area contributed by atoms with Crippen LogP contribution in [0.15, 0.2) is 0 Å². The molecule has 0 spiro atoms. The predicted molar refractivity (Wildman–Crippen MR) is 84.2 cm³/mol. The SMILES string of the molecule is [SiH3]OCCCCCC(OCC1CO1)(OCC1CO1)OCC1CO1. The Labute approximate surface area is 140 Å². The summed E-state index contributed by atoms with van der Waals surface area (Å²) >= 11 is 0. The highest BCUT2D eigenvalue weighted by Gasteiger charge is 2.40. The highest BCUT2D eigenvalue weighted by atomic mass is 28.2. The maximum atomic E-state index is 6.01. The molecule has 0 aromatic carbocycles. The molecule has 0 radical (unpaired) electrons. The molecule has 3 unspecified atom stereocenters. The molecule has 3 heterocycles. The van der Waals surface area contributed by atoms with Gasteiger partial charge in [0, 0.05) is 13.0 Å². The lowest BCUT2D eigenvalue weighted by Gasteiger charge is -2.33. The van der Waals surface area contributed by atoms with Gasteiger partial charge < -0.3 is 32.8 Å². The van der Waals surface area contributed by atoms with Gasteiger partial charge in [-0.2, -0.15) is 0 Å². The summed E-state index contributed by atoms with van der Waals surface area (Å²) in [5.41, 5.74) is 0. The second kappa shape index (κ2) is 8.86. The van der Waals surface area contributed by atoms with E-state index in [-0.39, 0.29) is 18.3 Å². The number of rotatable bonds is 15. The van der Waals surface area contributed by atoms with E-state index in [0.717, 1.165) is 56.2 Å². The van der Waals surface area contributed by atoms with Crippen molar-refractivity contribution in [3.8, 4) is 0 Å². The van der Waals surface area contributed by atoms with Gasteiger partial charge in [-0.1, -0.05) is 6.42 Å². The van der Waals surface area contributed by atoms with Crippen LogP contribution in [0.25, 0.3) is 0 Å². The number of epoxide rings is 3. The van der Waals surface area contributed by atoms with E-state index in [4.69, 9.17) is 32.8 Å². The van der Waals surface area contributed by atoms with Crippen LogP contribution in [0.3, 0.4) is 0 Å². The number of hydrogen-bond acceptors (Lipinski definition) is 7. The minimum Gasteiger partial charge on any atom is -0.428 e. The Morgan fingerprint density at radius 3 is 1.65 bits per heavy atom. The molecular weight excluding hydrogens is 320 g/mol. The number of unbranched alkanes of at least 4 members (excludes halogenated alkanes) is 2. The highest BCUT2D eigenvalue weighted by Crippen LogP contribution is 2.28. The molecule has 3 aliphatic rings. The minimum atomic E-state index is -1.01. The molecule has 0 saturated carbocycles. The first-order valence-corrected chi connectivity index (χ1v) is 9.37. The van der Waals surface area contributed by atoms with Crippen LogP contribution in [0.4, 0.5) is 0 Å². The summed E-state index contributed by atoms with van der Waals surface area (Å²) in [6, 6.07) is 0. The lowest BCUT2D eigenvalue weighted by atomic mass is 10.1. The van der Waals surface area contributed by atoms with E-state index in [1.54, 1.807) is 0 Å². The monoisotopic (exact) mass is 348 g/mol. The van der Waals surface area contributed by atoms with Gasteiger partial charge >= 0.3 is 0 Å². The van der Waals surface area contributed by atoms with Gasteiger partial charge in [0.1, 0.15) is 28.8 Å². The second-order valence-corrected chi connectivity index (χ2v) is 6.86. The molecule has 0 amide bonds. The summed E-state index contributed by atoms with van der Waals surface area (Å²) in [5, 5.41) is 0. The molecule has 23 heavy (non-hydrogen) atoms. The Balaban J connectivity index is 1.48. The smallest absolute Gasteiger partial charge is 0.283 e. The Hall–Kier alpha value is -0.0631. The van der Waals surface area contributed by atoms with Crippen LogP contribution in [0.5, 0.6) is 0 Å². The van der Waals surface area contributed by atoms with Gasteiger partial charge in [-0.25, -0.2) is 0 Å². The third kappa shape index (κ3) is 7.14. The largest absolute Gasteiger partial charge is 0.428 e. The predicted octanol–water partition coefficient (Wildman–Crippen LogP) is -0.256. The van der Waals surface area contributed by atoms with Crippen molar-refractivity contribution in [2.24, 2.45) is 0 Å². The standard InChI is InChI=1S/C15H28O7Si/c23-22-5-3-1-2-4-15(19-9-12-6-16-12,20-10-13-7-17-13)21-11-14-8-18-14/h12-14H,1-11H2,23H3. The number of hydrogen-bond donors (Lipinski definition) is 0. The van der Waals surface area contributed by atoms with E-state index >= 15 is 0 Å². The van der Waals surface area contributed by atoms with Crippen molar-refractivity contribution in [2.75, 3.05) is 46.2 Å². The molecular formula is C15H28O7Si. The van der Waals surface area contributed by atoms with E-state index in [2.05, 4.69) is 0 Å². The molecule has 0 bridgehead atoms. The maximum absolute atomic E-state index is 6.01. The van der Waals surface area contributed by atoms with Crippen LogP contribution in [0.2, 0.25) is 0 Å². The fourth-order valence-corrected chi connectivity index (χ4v) is 2.55. The van der Waals surface area contributed by atoms with Gasteiger partial charge in [0.15, 0.2) is 0 Å². The molecule has 3 atom stereocenters. The molecule has 134 valence electrons. The van der Waals surface area contributed by atoms with Crippen molar-refractivity contribution in [3.63, 3.8) is 0 Å². The fourth-order valence-electron chi connectivity index (χ4n) is 2.26. The molecule has 8 heteroatoms. The average molecular weight is 348 g/mol. The first-order chi connectivity index (χ1) is 11.3. The van der Waals surface area contributed by atoms with Crippen molar-refractivity contribution in [1.29, 1.82) is 0 Å². The zero-order chi connectivity index (χ0) is 16.0. The molecule has 3 aliphatic heterocycles. The van der Waals surface area contributed by atoms with Crippen LogP contribution in [0.1, 0.15) is 25.7 Å². The molecule has 0 N–H and O–H groups in total. The first kappa shape index (κ1) is 17.8. The van der Waals surface area contributed by atoms with E-state index in [1.807, 2.05) is 0 Å². The Morgan fingerprint density at radius 1 is 0.783 bits per heavy atom. The van der Waals surface area contributed by atoms with Crippen LogP contribution in [-0.2, 0) is 32.8 Å². The second-order valence-electron chi connectivity index (χ2n) is 6.29. The fraction of sp³-hybridized carbons (Fsp3) is 1.00. The van der Waals surface area contributed by atoms with E-state index in [1.165, 1.54) is 0 Å². The molecule has 0 aliphatic carbocycles. The Morgan fingerprint density at radius 2 is 1.26 bits per heavy atom. The topological polar surface area (TPSA) is 74.5 Å². The molecule has 3 saturated heterocycles. The van der Waals surface area contributed by atoms with Gasteiger partial charge in [0.25, 0.3) is 5.97 Å². The third-order valence-electron chi connectivity index (χ3n) is 4.01. The van der Waals surface area contributed by atoms with Crippen LogP contribution >= 0.6 is 0 Å². The van der Waals surface area contributed by atoms with Crippen molar-refractivity contribution < 1.29 is 32.8 Å². The zero-order valence-corrected chi connectivity index (χ0v) is 15.9. The van der Waals surface area contributed by atoms with E-state index in [0.29, 0.717) is 26.2 Å². The van der Waals surface area contributed by atoms with Crippen LogP contribution < -0.4 is 0 Å². The Kier molecular flexibility index (Phi) is 6.84. The summed E-state index contributed by atoms with van der Waals surface area (Å²) in [4.78, 5) is 0. The summed E-state index contributed by atoms with van der Waals surface area (Å²) in [6.45, 7) is 4.60. The lowest BCUT2D eigenvalue weighted by molar-refractivity contribution is -0.385. The molecule has 3 rings (SSSR count). The van der Waals surface area contributed by atoms with Crippen molar-refractivity contribution >= 4 is 10.5 Å². The molecule has 0 aromatic heterocycles. The normalized spacial score (nSPS) is 31.0. The first-order valence-electron chi connectivity index (χ1n) is 8.55. The minimum absolute atomic E-state index is 0.175. The lowest BCUT2D eigenvalue weighted by Crippen LogP contribution is -2.42. The molecule has 3 fully saturated rings. The van der Waals surface area contributed by atoms with Gasteiger partial charge in [-0.3, -0.25) is 0 Å². The van der Waals surface area contributed by atoms with Crippen LogP contribution in [0, 0.1) is 0 Å². The van der Waals surface area contributed by atoms with Crippen LogP contribution in [-0.4, -0.2) is 81.0 Å². The van der Waals surface area contributed by atoms with Gasteiger partial charge in [0.2, 0.25) is 0 Å². The third-order valence-corrected chi connectivity index (χ3v) is 4.41. The highest BCUT2D eigenvalue weighted by molar-refractivity contribution is 5.97. The Bertz CT molecular complexity index is 304. The van der Waals surface area contributed by atoms with Gasteiger partial charge in [-0.15, -0.1) is 0 Å². The summed E-state index contributed by atoms with van der Waals surface area (Å²) < 4.78 is 39.0. The van der Waals surface area contributed by atoms with E-state index in [9.17, 15) is 0 Å². The van der Waals surface area contributed by atoms with Crippen molar-refractivity contribution in [2.45, 2.75) is 50.0 Å². The van der Waals surface area contributed by atoms with Crippen molar-refractivity contribution in [1.82, 2.24) is 0 Å². The van der Waals surface area contributed by atoms with Gasteiger partial charge in [0.05, 0.1) is 39.6 Å². The number of ether oxygens (including phenoxy) is 6. The quantitative estimate of drug-likeness (QED) is 0.175. The summed E-state index contributed by atoms with van der Waals surface area (Å²) in [6.07, 6.45) is 4.31. The zero-order valence-electron chi connectivity index (χ0n) is 13.9. The average Bonchev–Trinajstić information content (AvgIpc) is 3.39. The summed E-state index contributed by atoms with van der Waals surface area (Å²) in [7, 11) is 0.800. The van der Waals surface area contributed by atoms with Crippen molar-refractivity contribution in [3.05, 3.63) is 0 Å². The van der Waals surface area contributed by atoms with Gasteiger partial charge in [-0.05, 0) is 12.8 Å². The van der Waals surface area contributed by atoms with E-state index < -0.39 is 5.97 Å².